The first-order valence-corrected chi connectivity index (χ1v) is 10.2. The summed E-state index contributed by atoms with van der Waals surface area (Å²) in [4.78, 5) is 13.1. The maximum atomic E-state index is 13.1. The van der Waals surface area contributed by atoms with E-state index < -0.39 is 11.7 Å². The van der Waals surface area contributed by atoms with E-state index in [1.54, 1.807) is 18.4 Å². The third kappa shape index (κ3) is 4.20. The zero-order chi connectivity index (χ0) is 21.1. The van der Waals surface area contributed by atoms with Gasteiger partial charge in [-0.15, -0.1) is 0 Å². The van der Waals surface area contributed by atoms with E-state index in [2.05, 4.69) is 19.2 Å². The molecule has 1 fully saturated rings. The minimum atomic E-state index is -0.809. The molecule has 1 aliphatic rings. The summed E-state index contributed by atoms with van der Waals surface area (Å²) in [5, 5.41) is 4.96. The first-order valence-electron chi connectivity index (χ1n) is 10.2. The normalized spacial score (nSPS) is 21.7. The van der Waals surface area contributed by atoms with Crippen LogP contribution >= 0.6 is 0 Å². The molecule has 0 saturated carbocycles. The van der Waals surface area contributed by atoms with Gasteiger partial charge in [0.15, 0.2) is 5.76 Å². The molecule has 0 atom stereocenters. The lowest BCUT2D eigenvalue weighted by Gasteiger charge is -2.35. The van der Waals surface area contributed by atoms with Crippen molar-refractivity contribution in [3.05, 3.63) is 60.6 Å². The molecular weight excluding hydrogens is 382 g/mol. The van der Waals surface area contributed by atoms with Crippen molar-refractivity contribution < 1.29 is 23.4 Å². The first kappa shape index (κ1) is 20.4. The number of hydrogen-bond donors (Lipinski definition) is 1. The number of fused-ring (bicyclic) bond motifs is 1. The van der Waals surface area contributed by atoms with Gasteiger partial charge in [0.25, 0.3) is 0 Å². The summed E-state index contributed by atoms with van der Waals surface area (Å²) in [7, 11) is 0. The second-order valence-electron chi connectivity index (χ2n) is 8.35. The molecule has 0 spiro atoms. The van der Waals surface area contributed by atoms with Crippen LogP contribution in [0.5, 0.6) is 5.75 Å². The topological polar surface area (TPSA) is 69.9 Å². The van der Waals surface area contributed by atoms with E-state index in [4.69, 9.17) is 18.6 Å². The molecule has 2 aromatic carbocycles. The van der Waals surface area contributed by atoms with Crippen molar-refractivity contribution in [2.75, 3.05) is 25.1 Å². The van der Waals surface area contributed by atoms with Gasteiger partial charge in [-0.25, -0.2) is 0 Å². The van der Waals surface area contributed by atoms with Crippen molar-refractivity contribution in [1.82, 2.24) is 0 Å². The number of amides is 1. The van der Waals surface area contributed by atoms with Crippen molar-refractivity contribution >= 4 is 22.4 Å². The predicted molar refractivity (Wildman–Crippen MR) is 114 cm³/mol. The average molecular weight is 409 g/mol. The molecule has 6 heteroatoms. The summed E-state index contributed by atoms with van der Waals surface area (Å²) < 4.78 is 22.8. The molecule has 1 aromatic heterocycles. The number of furan rings is 1. The third-order valence-corrected chi connectivity index (χ3v) is 5.13. The van der Waals surface area contributed by atoms with Crippen molar-refractivity contribution in [3.8, 4) is 5.75 Å². The van der Waals surface area contributed by atoms with E-state index in [1.165, 1.54) is 0 Å². The number of ether oxygens (including phenoxy) is 3. The van der Waals surface area contributed by atoms with E-state index in [0.717, 1.165) is 22.2 Å². The molecule has 0 unspecified atom stereocenters. The van der Waals surface area contributed by atoms with Gasteiger partial charge in [0.2, 0.25) is 12.2 Å². The number of anilines is 1. The van der Waals surface area contributed by atoms with Gasteiger partial charge in [-0.2, -0.15) is 0 Å². The second-order valence-corrected chi connectivity index (χ2v) is 8.35. The molecule has 6 nitrogen and oxygen atoms in total. The van der Waals surface area contributed by atoms with Crippen LogP contribution in [0.4, 0.5) is 5.69 Å². The number of carbonyl (C=O) groups excluding carboxylic acids is 1. The Morgan fingerprint density at radius 1 is 1.10 bits per heavy atom. The summed E-state index contributed by atoms with van der Waals surface area (Å²) in [6.45, 7) is 7.17. The molecule has 0 radical (unpaired) electrons. The fraction of sp³-hybridized carbons (Fsp3) is 0.375. The third-order valence-electron chi connectivity index (χ3n) is 5.13. The highest BCUT2D eigenvalue weighted by molar-refractivity contribution is 6.05. The summed E-state index contributed by atoms with van der Waals surface area (Å²) in [5.41, 5.74) is -0.0707. The minimum absolute atomic E-state index is 0.151. The highest BCUT2D eigenvalue weighted by Gasteiger charge is 2.40. The summed E-state index contributed by atoms with van der Waals surface area (Å²) >= 11 is 0. The van der Waals surface area contributed by atoms with E-state index in [9.17, 15) is 4.79 Å². The summed E-state index contributed by atoms with van der Waals surface area (Å²) in [5.74, 6) is 1.69. The van der Waals surface area contributed by atoms with Gasteiger partial charge >= 0.3 is 0 Å². The van der Waals surface area contributed by atoms with Crippen LogP contribution in [-0.2, 0) is 14.3 Å². The number of hydrogen-bond acceptors (Lipinski definition) is 5. The van der Waals surface area contributed by atoms with E-state index in [0.29, 0.717) is 18.3 Å². The Balaban J connectivity index is 1.50. The van der Waals surface area contributed by atoms with Gasteiger partial charge in [0, 0.05) is 16.5 Å². The van der Waals surface area contributed by atoms with Crippen LogP contribution in [0, 0.1) is 11.3 Å². The lowest BCUT2D eigenvalue weighted by atomic mass is 9.90. The lowest BCUT2D eigenvalue weighted by Crippen LogP contribution is -2.45. The maximum Gasteiger partial charge on any atom is 0.235 e. The molecular formula is C24H27NO5. The van der Waals surface area contributed by atoms with Crippen LogP contribution in [-0.4, -0.2) is 25.7 Å². The molecule has 4 rings (SSSR count). The van der Waals surface area contributed by atoms with Crippen molar-refractivity contribution in [1.29, 1.82) is 0 Å². The number of benzene rings is 2. The van der Waals surface area contributed by atoms with Crippen LogP contribution in [0.3, 0.4) is 0 Å². The molecule has 0 bridgehead atoms. The Kier molecular flexibility index (Phi) is 5.79. The fourth-order valence-electron chi connectivity index (χ4n) is 3.37. The molecule has 30 heavy (non-hydrogen) atoms. The van der Waals surface area contributed by atoms with Gasteiger partial charge in [-0.05, 0) is 37.1 Å². The molecule has 158 valence electrons. The zero-order valence-corrected chi connectivity index (χ0v) is 17.5. The maximum absolute atomic E-state index is 13.1. The molecule has 1 saturated heterocycles. The zero-order valence-electron chi connectivity index (χ0n) is 17.5. The number of rotatable bonds is 6. The molecule has 2 heterocycles. The molecule has 3 aromatic rings. The van der Waals surface area contributed by atoms with Crippen LogP contribution in [0.2, 0.25) is 0 Å². The van der Waals surface area contributed by atoms with Crippen molar-refractivity contribution in [2.45, 2.75) is 27.1 Å². The van der Waals surface area contributed by atoms with Crippen LogP contribution in [0.25, 0.3) is 10.8 Å². The quantitative estimate of drug-likeness (QED) is 0.609. The fourth-order valence-corrected chi connectivity index (χ4v) is 3.37. The van der Waals surface area contributed by atoms with E-state index in [-0.39, 0.29) is 19.1 Å². The number of carbonyl (C=O) groups is 1. The van der Waals surface area contributed by atoms with E-state index in [1.807, 2.05) is 43.3 Å². The van der Waals surface area contributed by atoms with Crippen molar-refractivity contribution in [3.63, 3.8) is 0 Å². The van der Waals surface area contributed by atoms with Gasteiger partial charge in [0.1, 0.15) is 5.75 Å². The van der Waals surface area contributed by atoms with Gasteiger partial charge < -0.3 is 23.9 Å². The predicted octanol–water partition coefficient (Wildman–Crippen LogP) is 5.16. The Labute approximate surface area is 176 Å². The van der Waals surface area contributed by atoms with Crippen LogP contribution in [0.1, 0.15) is 32.8 Å². The average Bonchev–Trinajstić information content (AvgIpc) is 3.28. The van der Waals surface area contributed by atoms with Crippen LogP contribution < -0.4 is 10.1 Å². The monoisotopic (exact) mass is 409 g/mol. The van der Waals surface area contributed by atoms with E-state index >= 15 is 0 Å². The Morgan fingerprint density at radius 2 is 1.83 bits per heavy atom. The molecule has 1 N–H and O–H groups in total. The van der Waals surface area contributed by atoms with Gasteiger partial charge in [0.05, 0.1) is 31.5 Å². The van der Waals surface area contributed by atoms with Crippen LogP contribution in [0.15, 0.2) is 59.2 Å². The summed E-state index contributed by atoms with van der Waals surface area (Å²) in [6, 6.07) is 15.3. The lowest BCUT2D eigenvalue weighted by molar-refractivity contribution is -0.232. The minimum Gasteiger partial charge on any atom is -0.493 e. The molecule has 1 aliphatic heterocycles. The standard InChI is InChI=1S/C24H27NO5/c1-16(2)13-28-20-11-10-19(17-7-4-5-8-18(17)20)25-23(26)24(3)14-29-22(30-15-24)21-9-6-12-27-21/h4-12,16,22H,13-15H2,1-3H3,(H,25,26). The molecule has 1 amide bonds. The smallest absolute Gasteiger partial charge is 0.235 e. The highest BCUT2D eigenvalue weighted by Crippen LogP contribution is 2.35. The second kappa shape index (κ2) is 8.50. The Hall–Kier alpha value is -2.83. The number of nitrogens with one attached hydrogen (secondary N) is 1. The van der Waals surface area contributed by atoms with Gasteiger partial charge in [-0.1, -0.05) is 38.1 Å². The Bertz CT molecular complexity index is 1000. The first-order chi connectivity index (χ1) is 14.5. The van der Waals surface area contributed by atoms with Gasteiger partial charge in [-0.3, -0.25) is 4.79 Å². The molecule has 0 aliphatic carbocycles. The largest absolute Gasteiger partial charge is 0.493 e. The SMILES string of the molecule is CC(C)COc1ccc(NC(=O)C2(C)COC(c3ccco3)OC2)c2ccccc12. The summed E-state index contributed by atoms with van der Waals surface area (Å²) in [6.07, 6.45) is 0.987. The highest BCUT2D eigenvalue weighted by atomic mass is 16.7. The van der Waals surface area contributed by atoms with Crippen molar-refractivity contribution in [2.24, 2.45) is 11.3 Å². The Morgan fingerprint density at radius 3 is 2.50 bits per heavy atom.